The van der Waals surface area contributed by atoms with Gasteiger partial charge < -0.3 is 22.6 Å². The first kappa shape index (κ1) is 29.9. The van der Waals surface area contributed by atoms with Crippen molar-refractivity contribution in [3.05, 3.63) is 164 Å². The van der Waals surface area contributed by atoms with Crippen LogP contribution in [0, 0.1) is 0 Å². The van der Waals surface area contributed by atoms with Gasteiger partial charge in [-0.1, -0.05) is 54.6 Å². The van der Waals surface area contributed by atoms with E-state index >= 15 is 0 Å². The number of para-hydroxylation sites is 4. The number of hydrogen-bond acceptors (Lipinski definition) is 7. The monoisotopic (exact) mass is 709 g/mol. The molecule has 7 nitrogen and oxygen atoms in total. The molecule has 0 amide bonds. The van der Waals surface area contributed by atoms with Gasteiger partial charge in [0.1, 0.15) is 33.4 Å². The molecule has 0 radical (unpaired) electrons. The van der Waals surface area contributed by atoms with Crippen molar-refractivity contribution in [1.82, 2.24) is 9.97 Å². The molecule has 258 valence electrons. The number of benzene rings is 8. The van der Waals surface area contributed by atoms with Gasteiger partial charge in [-0.3, -0.25) is 0 Å². The number of hydrogen-bond donors (Lipinski definition) is 0. The lowest BCUT2D eigenvalue weighted by Crippen LogP contribution is -2.09. The van der Waals surface area contributed by atoms with Gasteiger partial charge in [0.05, 0.1) is 0 Å². The normalized spacial score (nSPS) is 12.0. The van der Waals surface area contributed by atoms with Crippen molar-refractivity contribution in [1.29, 1.82) is 0 Å². The van der Waals surface area contributed by atoms with Crippen molar-refractivity contribution in [2.24, 2.45) is 0 Å². The molecule has 0 saturated heterocycles. The Hall–Kier alpha value is -7.64. The van der Waals surface area contributed by atoms with E-state index in [2.05, 4.69) is 113 Å². The Morgan fingerprint density at radius 3 is 1.53 bits per heavy atom. The number of furan rings is 2. The van der Waals surface area contributed by atoms with E-state index in [1.807, 2.05) is 60.7 Å². The standard InChI is InChI=1S/C48H27N3O4/c1-2-8-30-23-33(19-13-28(30)7-1)51(32-17-14-29(15-18-32)47-49-39-9-3-5-11-41(39)54-47)34-20-22-36-38-27-45-37(26-46(38)53-44(36)25-34)35-21-16-31(24-43(35)52-45)48-50-40-10-4-6-12-42(40)55-48/h1-27H. The second-order valence-corrected chi connectivity index (χ2v) is 13.8. The number of oxazole rings is 2. The van der Waals surface area contributed by atoms with Crippen molar-refractivity contribution < 1.29 is 17.7 Å². The van der Waals surface area contributed by atoms with E-state index in [-0.39, 0.29) is 0 Å². The lowest BCUT2D eigenvalue weighted by Gasteiger charge is -2.26. The minimum atomic E-state index is 0.566. The van der Waals surface area contributed by atoms with Crippen LogP contribution in [-0.4, -0.2) is 9.97 Å². The molecule has 0 saturated carbocycles. The molecule has 55 heavy (non-hydrogen) atoms. The van der Waals surface area contributed by atoms with Crippen LogP contribution in [0.15, 0.2) is 181 Å². The minimum Gasteiger partial charge on any atom is -0.456 e. The molecule has 0 N–H and O–H groups in total. The van der Waals surface area contributed by atoms with Gasteiger partial charge in [0, 0.05) is 55.8 Å². The van der Waals surface area contributed by atoms with Crippen molar-refractivity contribution >= 4 is 93.9 Å². The maximum Gasteiger partial charge on any atom is 0.227 e. The first-order chi connectivity index (χ1) is 27.2. The zero-order chi connectivity index (χ0) is 36.0. The molecule has 0 fully saturated rings. The predicted molar refractivity (Wildman–Crippen MR) is 219 cm³/mol. The molecule has 0 aliphatic heterocycles. The topological polar surface area (TPSA) is 81.6 Å². The van der Waals surface area contributed by atoms with Gasteiger partial charge in [-0.2, -0.15) is 0 Å². The van der Waals surface area contributed by atoms with E-state index in [0.717, 1.165) is 99.7 Å². The second kappa shape index (κ2) is 11.4. The van der Waals surface area contributed by atoms with E-state index in [1.54, 1.807) is 0 Å². The molecule has 0 aliphatic carbocycles. The average molecular weight is 710 g/mol. The maximum atomic E-state index is 6.63. The van der Waals surface area contributed by atoms with Crippen LogP contribution in [0.1, 0.15) is 0 Å². The summed E-state index contributed by atoms with van der Waals surface area (Å²) in [6, 6.07) is 55.6. The van der Waals surface area contributed by atoms with E-state index < -0.39 is 0 Å². The minimum absolute atomic E-state index is 0.566. The van der Waals surface area contributed by atoms with Gasteiger partial charge >= 0.3 is 0 Å². The molecule has 0 aliphatic rings. The highest BCUT2D eigenvalue weighted by atomic mass is 16.4. The molecule has 0 unspecified atom stereocenters. The molecular formula is C48H27N3O4. The summed E-state index contributed by atoms with van der Waals surface area (Å²) in [6.07, 6.45) is 0. The van der Waals surface area contributed by atoms with Gasteiger partial charge in [0.2, 0.25) is 11.8 Å². The third-order valence-electron chi connectivity index (χ3n) is 10.5. The summed E-state index contributed by atoms with van der Waals surface area (Å²) in [5, 5.41) is 6.34. The third-order valence-corrected chi connectivity index (χ3v) is 10.5. The van der Waals surface area contributed by atoms with Crippen molar-refractivity contribution in [3.63, 3.8) is 0 Å². The van der Waals surface area contributed by atoms with Crippen LogP contribution in [0.2, 0.25) is 0 Å². The molecular weight excluding hydrogens is 683 g/mol. The van der Waals surface area contributed by atoms with E-state index in [4.69, 9.17) is 22.7 Å². The summed E-state index contributed by atoms with van der Waals surface area (Å²) in [6.45, 7) is 0. The van der Waals surface area contributed by atoms with Gasteiger partial charge in [-0.05, 0) is 114 Å². The van der Waals surface area contributed by atoms with Gasteiger partial charge in [0.15, 0.2) is 11.2 Å². The van der Waals surface area contributed by atoms with E-state index in [1.165, 1.54) is 5.39 Å². The largest absolute Gasteiger partial charge is 0.456 e. The molecule has 8 aromatic carbocycles. The predicted octanol–water partition coefficient (Wildman–Crippen LogP) is 13.7. The van der Waals surface area contributed by atoms with Crippen LogP contribution < -0.4 is 4.90 Å². The van der Waals surface area contributed by atoms with Crippen molar-refractivity contribution in [2.45, 2.75) is 0 Å². The SMILES string of the molecule is c1ccc2cc(N(c3ccc(-c4nc5ccccc5o4)cc3)c3ccc4c(c3)oc3cc5c(cc34)oc3cc(-c4nc6ccccc6o4)ccc35)ccc2c1. The Balaban J connectivity index is 0.956. The molecule has 0 spiro atoms. The number of anilines is 3. The lowest BCUT2D eigenvalue weighted by molar-refractivity contribution is 0.619. The highest BCUT2D eigenvalue weighted by molar-refractivity contribution is 6.15. The van der Waals surface area contributed by atoms with Crippen LogP contribution in [-0.2, 0) is 0 Å². The highest BCUT2D eigenvalue weighted by Crippen LogP contribution is 2.42. The summed E-state index contributed by atoms with van der Waals surface area (Å²) in [5.41, 5.74) is 11.1. The molecule has 7 heteroatoms. The molecule has 4 aromatic heterocycles. The first-order valence-electron chi connectivity index (χ1n) is 18.1. The van der Waals surface area contributed by atoms with Crippen LogP contribution in [0.3, 0.4) is 0 Å². The summed E-state index contributed by atoms with van der Waals surface area (Å²) >= 11 is 0. The Bertz CT molecular complexity index is 3390. The average Bonchev–Trinajstić information content (AvgIpc) is 4.02. The lowest BCUT2D eigenvalue weighted by atomic mass is 10.1. The fourth-order valence-corrected chi connectivity index (χ4v) is 7.81. The summed E-state index contributed by atoms with van der Waals surface area (Å²) < 4.78 is 25.2. The van der Waals surface area contributed by atoms with Crippen LogP contribution in [0.5, 0.6) is 0 Å². The quantitative estimate of drug-likeness (QED) is 0.176. The Morgan fingerprint density at radius 2 is 0.836 bits per heavy atom. The van der Waals surface area contributed by atoms with Crippen LogP contribution in [0.25, 0.3) is 99.8 Å². The summed E-state index contributed by atoms with van der Waals surface area (Å²) in [7, 11) is 0. The number of fused-ring (bicyclic) bond motifs is 9. The summed E-state index contributed by atoms with van der Waals surface area (Å²) in [4.78, 5) is 11.6. The zero-order valence-corrected chi connectivity index (χ0v) is 29.1. The molecule has 12 aromatic rings. The van der Waals surface area contributed by atoms with Crippen molar-refractivity contribution in [2.75, 3.05) is 4.90 Å². The fourth-order valence-electron chi connectivity index (χ4n) is 7.81. The van der Waals surface area contributed by atoms with E-state index in [9.17, 15) is 0 Å². The Morgan fingerprint density at radius 1 is 0.327 bits per heavy atom. The number of nitrogens with zero attached hydrogens (tertiary/aromatic N) is 3. The molecule has 0 bridgehead atoms. The highest BCUT2D eigenvalue weighted by Gasteiger charge is 2.19. The smallest absolute Gasteiger partial charge is 0.227 e. The summed E-state index contributed by atoms with van der Waals surface area (Å²) in [5.74, 6) is 1.16. The molecule has 0 atom stereocenters. The molecule has 12 rings (SSSR count). The molecule has 4 heterocycles. The Labute approximate surface area is 312 Å². The number of aromatic nitrogens is 2. The third kappa shape index (κ3) is 4.77. The van der Waals surface area contributed by atoms with Gasteiger partial charge in [-0.15, -0.1) is 0 Å². The van der Waals surface area contributed by atoms with Gasteiger partial charge in [-0.25, -0.2) is 9.97 Å². The number of rotatable bonds is 5. The Kier molecular flexibility index (Phi) is 6.21. The van der Waals surface area contributed by atoms with E-state index in [0.29, 0.717) is 11.8 Å². The van der Waals surface area contributed by atoms with Crippen LogP contribution >= 0.6 is 0 Å². The fraction of sp³-hybridized carbons (Fsp3) is 0. The van der Waals surface area contributed by atoms with Crippen molar-refractivity contribution in [3.8, 4) is 22.9 Å². The first-order valence-corrected chi connectivity index (χ1v) is 18.1. The van der Waals surface area contributed by atoms with Crippen LogP contribution in [0.4, 0.5) is 17.1 Å². The maximum absolute atomic E-state index is 6.63. The second-order valence-electron chi connectivity index (χ2n) is 13.8. The van der Waals surface area contributed by atoms with Gasteiger partial charge in [0.25, 0.3) is 0 Å². The zero-order valence-electron chi connectivity index (χ0n) is 29.1.